The van der Waals surface area contributed by atoms with Gasteiger partial charge in [0.1, 0.15) is 17.2 Å². The highest BCUT2D eigenvalue weighted by Gasteiger charge is 2.70. The highest BCUT2D eigenvalue weighted by Crippen LogP contribution is 2.65. The van der Waals surface area contributed by atoms with Gasteiger partial charge < -0.3 is 24.1 Å². The van der Waals surface area contributed by atoms with Crippen LogP contribution in [0.1, 0.15) is 41.0 Å². The monoisotopic (exact) mass is 933 g/mol. The number of hydrogen-bond acceptors (Lipinski definition) is 10. The minimum atomic E-state index is -1.65. The van der Waals surface area contributed by atoms with Crippen molar-refractivity contribution < 1.29 is 43.2 Å². The lowest BCUT2D eigenvalue weighted by molar-refractivity contribution is -0.138. The molecule has 3 fully saturated rings. The Labute approximate surface area is 389 Å². The van der Waals surface area contributed by atoms with Crippen LogP contribution < -0.4 is 29.3 Å². The normalized spacial score (nSPS) is 23.6. The maximum absolute atomic E-state index is 15.6. The zero-order valence-corrected chi connectivity index (χ0v) is 37.8. The molecule has 12 nitrogen and oxygen atoms in total. The molecule has 4 amide bonds. The molecule has 9 rings (SSSR count). The highest BCUT2D eigenvalue weighted by atomic mass is 35.5. The van der Waals surface area contributed by atoms with Gasteiger partial charge >= 0.3 is 0 Å². The summed E-state index contributed by atoms with van der Waals surface area (Å²) in [4.78, 5) is 61.4. The fourth-order valence-corrected chi connectivity index (χ4v) is 10.9. The van der Waals surface area contributed by atoms with Gasteiger partial charge in [0.05, 0.1) is 73.0 Å². The summed E-state index contributed by atoms with van der Waals surface area (Å²) in [5.41, 5.74) is 5.26. The molecule has 0 aromatic heterocycles. The Morgan fingerprint density at radius 1 is 0.708 bits per heavy atom. The molecule has 1 saturated carbocycles. The molecule has 5 aromatic rings. The van der Waals surface area contributed by atoms with Gasteiger partial charge in [-0.1, -0.05) is 82.9 Å². The molecule has 332 valence electrons. The summed E-state index contributed by atoms with van der Waals surface area (Å²) in [5.74, 6) is -4.63. The molecule has 4 aliphatic rings. The van der Waals surface area contributed by atoms with E-state index in [1.807, 2.05) is 48.6 Å². The number of phenols is 1. The SMILES string of the molecule is COc1ccc([C@@]23C(=O)N(Nc4ccc(Cl)cc4Cl)C(=O)[C@@H]2C[C@@H]2C(=CC[C@@H]4C(=O)N(c5ccc(C=Cc6cc(OC)ccc6OC)cc5)C(=O)[C@@H]42)[C@@H]3c2cc(Cl)c(O)c(OC)c2)cc1. The number of imide groups is 2. The number of nitrogens with zero attached hydrogens (tertiary/aromatic N) is 2. The van der Waals surface area contributed by atoms with Gasteiger partial charge in [-0.15, -0.1) is 0 Å². The number of amides is 4. The third kappa shape index (κ3) is 7.15. The van der Waals surface area contributed by atoms with Crippen molar-refractivity contribution in [3.8, 4) is 28.7 Å². The zero-order chi connectivity index (χ0) is 45.9. The van der Waals surface area contributed by atoms with E-state index in [0.717, 1.165) is 16.1 Å². The van der Waals surface area contributed by atoms with E-state index in [9.17, 15) is 14.7 Å². The summed E-state index contributed by atoms with van der Waals surface area (Å²) in [5, 5.41) is 12.4. The Bertz CT molecular complexity index is 2830. The van der Waals surface area contributed by atoms with Crippen molar-refractivity contribution in [3.63, 3.8) is 0 Å². The lowest BCUT2D eigenvalue weighted by atomic mass is 9.49. The number of hydrazine groups is 1. The number of benzene rings is 5. The summed E-state index contributed by atoms with van der Waals surface area (Å²) >= 11 is 19.5. The lowest BCUT2D eigenvalue weighted by Crippen LogP contribution is -2.53. The van der Waals surface area contributed by atoms with Crippen molar-refractivity contribution in [2.75, 3.05) is 38.8 Å². The first kappa shape index (κ1) is 43.8. The van der Waals surface area contributed by atoms with Crippen LogP contribution in [0, 0.1) is 23.7 Å². The number of halogens is 3. The predicted molar refractivity (Wildman–Crippen MR) is 248 cm³/mol. The average molecular weight is 935 g/mol. The second-order valence-electron chi connectivity index (χ2n) is 16.3. The van der Waals surface area contributed by atoms with Crippen LogP contribution in [0.25, 0.3) is 12.2 Å². The third-order valence-corrected chi connectivity index (χ3v) is 14.1. The fraction of sp³-hybridized carbons (Fsp3) is 0.240. The van der Waals surface area contributed by atoms with Crippen LogP contribution in [-0.4, -0.2) is 62.2 Å². The van der Waals surface area contributed by atoms with Crippen molar-refractivity contribution >= 4 is 82.0 Å². The van der Waals surface area contributed by atoms with Gasteiger partial charge in [-0.25, -0.2) is 0 Å². The van der Waals surface area contributed by atoms with E-state index in [1.54, 1.807) is 74.9 Å². The summed E-state index contributed by atoms with van der Waals surface area (Å²) in [6.07, 6.45) is 5.95. The number of carbonyl (C=O) groups excluding carboxylic acids is 4. The van der Waals surface area contributed by atoms with E-state index in [-0.39, 0.29) is 46.0 Å². The van der Waals surface area contributed by atoms with Gasteiger partial charge in [0, 0.05) is 16.5 Å². The lowest BCUT2D eigenvalue weighted by Gasteiger charge is -2.50. The third-order valence-electron chi connectivity index (χ3n) is 13.2. The Kier molecular flexibility index (Phi) is 11.5. The van der Waals surface area contributed by atoms with Crippen LogP contribution in [0.2, 0.25) is 15.1 Å². The first-order chi connectivity index (χ1) is 31.3. The molecule has 65 heavy (non-hydrogen) atoms. The molecular weight excluding hydrogens is 893 g/mol. The van der Waals surface area contributed by atoms with Gasteiger partial charge in [0.15, 0.2) is 11.5 Å². The van der Waals surface area contributed by atoms with E-state index < -0.39 is 52.7 Å². The average Bonchev–Trinajstić information content (AvgIpc) is 3.70. The fourth-order valence-electron chi connectivity index (χ4n) is 10.3. The Morgan fingerprint density at radius 2 is 1.42 bits per heavy atom. The minimum Gasteiger partial charge on any atom is -0.503 e. The van der Waals surface area contributed by atoms with E-state index in [4.69, 9.17) is 53.8 Å². The zero-order valence-electron chi connectivity index (χ0n) is 35.5. The number of hydrogen-bond donors (Lipinski definition) is 2. The largest absolute Gasteiger partial charge is 0.503 e. The maximum Gasteiger partial charge on any atom is 0.260 e. The van der Waals surface area contributed by atoms with Gasteiger partial charge in [-0.2, -0.15) is 5.01 Å². The summed E-state index contributed by atoms with van der Waals surface area (Å²) in [7, 11) is 6.10. The Balaban J connectivity index is 1.14. The second kappa shape index (κ2) is 17.2. The van der Waals surface area contributed by atoms with Crippen LogP contribution in [0.4, 0.5) is 11.4 Å². The summed E-state index contributed by atoms with van der Waals surface area (Å²) in [6.45, 7) is 0. The number of rotatable bonds is 11. The molecule has 0 unspecified atom stereocenters. The van der Waals surface area contributed by atoms with Crippen LogP contribution in [-0.2, 0) is 24.6 Å². The van der Waals surface area contributed by atoms with Crippen LogP contribution in [0.5, 0.6) is 28.7 Å². The molecular formula is C50H42Cl3N3O9. The van der Waals surface area contributed by atoms with Crippen molar-refractivity contribution in [2.45, 2.75) is 24.2 Å². The Hall–Kier alpha value is -6.47. The number of ether oxygens (including phenoxy) is 4. The van der Waals surface area contributed by atoms with Gasteiger partial charge in [0.2, 0.25) is 11.8 Å². The molecule has 0 spiro atoms. The number of phenolic OH excluding ortho intramolecular Hbond substituents is 1. The molecule has 2 aliphatic carbocycles. The molecule has 5 aromatic carbocycles. The summed E-state index contributed by atoms with van der Waals surface area (Å²) in [6, 6.07) is 27.4. The molecule has 15 heteroatoms. The van der Waals surface area contributed by atoms with Crippen molar-refractivity contribution in [3.05, 3.63) is 146 Å². The van der Waals surface area contributed by atoms with E-state index in [0.29, 0.717) is 44.7 Å². The van der Waals surface area contributed by atoms with E-state index in [2.05, 4.69) is 5.43 Å². The van der Waals surface area contributed by atoms with Crippen molar-refractivity contribution in [2.24, 2.45) is 23.7 Å². The molecule has 2 heterocycles. The number of fused-ring (bicyclic) bond motifs is 4. The van der Waals surface area contributed by atoms with Crippen LogP contribution >= 0.6 is 34.8 Å². The quantitative estimate of drug-likeness (QED) is 0.0747. The standard InChI is InChI=1S/C50H42Cl3N3O9/c1-62-32-14-9-29(10-15-32)50-37(47(59)56(49(50)61)54-40-19-11-30(51)24-38(40)52)25-36-34(44(50)28-22-39(53)45(57)42(23-28)65-4)17-18-35-43(36)48(60)55(46(35)58)31-12-6-26(7-13-31)5-8-27-21-33(63-2)16-20-41(27)64-3/h5-17,19-24,35-37,43-44,54,57H,18,25H2,1-4H3/t35-,36+,37-,43-,44-,50+/m0/s1. The number of methoxy groups -OCH3 is 4. The topological polar surface area (TPSA) is 144 Å². The van der Waals surface area contributed by atoms with Crippen LogP contribution in [0.15, 0.2) is 109 Å². The van der Waals surface area contributed by atoms with Gasteiger partial charge in [-0.3, -0.25) is 29.5 Å². The molecule has 6 atom stereocenters. The number of carbonyl (C=O) groups is 4. The first-order valence-corrected chi connectivity index (χ1v) is 21.9. The molecule has 2 aliphatic heterocycles. The predicted octanol–water partition coefficient (Wildman–Crippen LogP) is 9.75. The maximum atomic E-state index is 15.6. The minimum absolute atomic E-state index is 0.0416. The smallest absolute Gasteiger partial charge is 0.260 e. The molecule has 2 N–H and O–H groups in total. The highest BCUT2D eigenvalue weighted by molar-refractivity contribution is 6.36. The molecule has 0 radical (unpaired) electrons. The molecule has 0 bridgehead atoms. The van der Waals surface area contributed by atoms with Gasteiger partial charge in [-0.05, 0) is 108 Å². The first-order valence-electron chi connectivity index (χ1n) is 20.7. The summed E-state index contributed by atoms with van der Waals surface area (Å²) < 4.78 is 22.0. The number of allylic oxidation sites excluding steroid dienone is 2. The van der Waals surface area contributed by atoms with Gasteiger partial charge in [0.25, 0.3) is 11.8 Å². The van der Waals surface area contributed by atoms with Crippen molar-refractivity contribution in [1.29, 1.82) is 0 Å². The van der Waals surface area contributed by atoms with Crippen molar-refractivity contribution in [1.82, 2.24) is 5.01 Å². The number of aromatic hydroxyl groups is 1. The number of anilines is 2. The van der Waals surface area contributed by atoms with E-state index in [1.165, 1.54) is 25.2 Å². The van der Waals surface area contributed by atoms with E-state index >= 15 is 9.59 Å². The molecule has 2 saturated heterocycles. The Morgan fingerprint density at radius 3 is 2.09 bits per heavy atom. The number of nitrogens with one attached hydrogen (secondary N) is 1. The van der Waals surface area contributed by atoms with Crippen LogP contribution in [0.3, 0.4) is 0 Å². The second-order valence-corrected chi connectivity index (χ2v) is 17.6.